The molecule has 0 aromatic carbocycles. The molecule has 2 aromatic heterocycles. The lowest BCUT2D eigenvalue weighted by atomic mass is 9.78. The monoisotopic (exact) mass is 479 g/mol. The van der Waals surface area contributed by atoms with E-state index in [9.17, 15) is 9.18 Å². The van der Waals surface area contributed by atoms with Crippen LogP contribution in [-0.2, 0) is 6.42 Å². The minimum Gasteiger partial charge on any atom is -0.349 e. The molecule has 0 amide bonds. The van der Waals surface area contributed by atoms with E-state index in [0.717, 1.165) is 64.1 Å². The second-order valence-electron chi connectivity index (χ2n) is 10.2. The molecule has 1 aliphatic heterocycles. The molecule has 5 rings (SSSR count). The molecule has 2 aromatic rings. The summed E-state index contributed by atoms with van der Waals surface area (Å²) in [5, 5.41) is 11.8. The summed E-state index contributed by atoms with van der Waals surface area (Å²) in [5.41, 5.74) is 0.761. The van der Waals surface area contributed by atoms with Gasteiger partial charge in [0.15, 0.2) is 11.6 Å². The molecule has 35 heavy (non-hydrogen) atoms. The zero-order chi connectivity index (χ0) is 24.4. The Hall–Kier alpha value is -2.91. The minimum atomic E-state index is -0.156. The van der Waals surface area contributed by atoms with Crippen LogP contribution in [0.5, 0.6) is 0 Å². The maximum atomic E-state index is 13.4. The Morgan fingerprint density at radius 1 is 1.26 bits per heavy atom. The van der Waals surface area contributed by atoms with Gasteiger partial charge in [-0.2, -0.15) is 5.10 Å². The maximum Gasteiger partial charge on any atom is 0.299 e. The highest BCUT2D eigenvalue weighted by molar-refractivity contribution is 5.40. The number of hydrogen-bond donors (Lipinski definition) is 1. The van der Waals surface area contributed by atoms with E-state index in [1.165, 1.54) is 0 Å². The molecule has 3 aliphatic rings. The van der Waals surface area contributed by atoms with Gasteiger partial charge in [0.1, 0.15) is 5.83 Å². The molecule has 3 atom stereocenters. The van der Waals surface area contributed by atoms with Crippen LogP contribution in [0.3, 0.4) is 0 Å². The van der Waals surface area contributed by atoms with Crippen molar-refractivity contribution in [3.8, 4) is 5.82 Å². The number of likely N-dealkylation sites (N-methyl/N-ethyl adjacent to an activating group) is 1. The lowest BCUT2D eigenvalue weighted by Gasteiger charge is -2.33. The van der Waals surface area contributed by atoms with Crippen molar-refractivity contribution in [2.75, 3.05) is 44.7 Å². The summed E-state index contributed by atoms with van der Waals surface area (Å²) in [5.74, 6) is 1.42. The van der Waals surface area contributed by atoms with Gasteiger partial charge in [0.2, 0.25) is 0 Å². The van der Waals surface area contributed by atoms with Crippen molar-refractivity contribution in [1.82, 2.24) is 30.0 Å². The number of anilines is 1. The molecular formula is C26H34FN7O. The number of nitrogens with one attached hydrogen (secondary N) is 1. The molecule has 0 bridgehead atoms. The zero-order valence-electron chi connectivity index (χ0n) is 20.5. The van der Waals surface area contributed by atoms with Crippen LogP contribution in [0.15, 0.2) is 53.4 Å². The first-order valence-electron chi connectivity index (χ1n) is 12.6. The number of nitrogens with zero attached hydrogens (tertiary/aromatic N) is 6. The summed E-state index contributed by atoms with van der Waals surface area (Å²) in [6.45, 7) is 6.46. The molecule has 1 unspecified atom stereocenters. The average Bonchev–Trinajstić information content (AvgIpc) is 3.66. The SMILES string of the molecule is CN1CCN(c2nc(CCCN[C@@H]3C[C@H]3C3(C)C=CC(F)=CC3)cn(-c3cccnn3)c2=O)CC1. The largest absolute Gasteiger partial charge is 0.349 e. The van der Waals surface area contributed by atoms with Gasteiger partial charge in [-0.15, -0.1) is 5.10 Å². The summed E-state index contributed by atoms with van der Waals surface area (Å²) >= 11 is 0. The molecule has 0 radical (unpaired) electrons. The van der Waals surface area contributed by atoms with E-state index in [1.54, 1.807) is 41.2 Å². The van der Waals surface area contributed by atoms with Crippen LogP contribution in [0.2, 0.25) is 0 Å². The van der Waals surface area contributed by atoms with Gasteiger partial charge < -0.3 is 15.1 Å². The first-order chi connectivity index (χ1) is 16.9. The lowest BCUT2D eigenvalue weighted by Crippen LogP contribution is -2.47. The molecule has 1 saturated carbocycles. The third kappa shape index (κ3) is 5.36. The first-order valence-corrected chi connectivity index (χ1v) is 12.6. The molecule has 0 spiro atoms. The second kappa shape index (κ2) is 9.99. The molecular weight excluding hydrogens is 445 g/mol. The Labute approximate surface area is 205 Å². The third-order valence-electron chi connectivity index (χ3n) is 7.56. The molecule has 1 saturated heterocycles. The molecule has 9 heteroatoms. The van der Waals surface area contributed by atoms with Crippen molar-refractivity contribution in [3.05, 3.63) is 64.6 Å². The zero-order valence-corrected chi connectivity index (χ0v) is 20.5. The number of allylic oxidation sites excluding steroid dienone is 4. The van der Waals surface area contributed by atoms with Crippen LogP contribution in [0.25, 0.3) is 5.82 Å². The van der Waals surface area contributed by atoms with Gasteiger partial charge in [0.25, 0.3) is 5.56 Å². The van der Waals surface area contributed by atoms with E-state index in [1.807, 2.05) is 6.08 Å². The second-order valence-corrected chi connectivity index (χ2v) is 10.2. The molecule has 2 aliphatic carbocycles. The highest BCUT2D eigenvalue weighted by Gasteiger charge is 2.48. The Kier molecular flexibility index (Phi) is 6.80. The van der Waals surface area contributed by atoms with Gasteiger partial charge in [-0.3, -0.25) is 9.36 Å². The molecule has 186 valence electrons. The van der Waals surface area contributed by atoms with E-state index in [0.29, 0.717) is 23.6 Å². The Morgan fingerprint density at radius 2 is 2.09 bits per heavy atom. The first kappa shape index (κ1) is 23.8. The highest BCUT2D eigenvalue weighted by Crippen LogP contribution is 2.50. The molecule has 3 heterocycles. The van der Waals surface area contributed by atoms with Crippen molar-refractivity contribution in [1.29, 1.82) is 0 Å². The van der Waals surface area contributed by atoms with Gasteiger partial charge in [-0.1, -0.05) is 13.0 Å². The van der Waals surface area contributed by atoms with Crippen molar-refractivity contribution < 1.29 is 4.39 Å². The normalized spacial score (nSPS) is 26.6. The van der Waals surface area contributed by atoms with E-state index in [2.05, 4.69) is 39.3 Å². The summed E-state index contributed by atoms with van der Waals surface area (Å²) in [6.07, 6.45) is 12.3. The van der Waals surface area contributed by atoms with Crippen LogP contribution in [0.1, 0.15) is 31.9 Å². The van der Waals surface area contributed by atoms with Crippen molar-refractivity contribution in [2.24, 2.45) is 11.3 Å². The van der Waals surface area contributed by atoms with Crippen LogP contribution in [0.4, 0.5) is 10.2 Å². The number of aryl methyl sites for hydroxylation is 1. The van der Waals surface area contributed by atoms with Crippen LogP contribution >= 0.6 is 0 Å². The quantitative estimate of drug-likeness (QED) is 0.583. The van der Waals surface area contributed by atoms with E-state index in [-0.39, 0.29) is 16.8 Å². The highest BCUT2D eigenvalue weighted by atomic mass is 19.1. The van der Waals surface area contributed by atoms with Crippen LogP contribution < -0.4 is 15.8 Å². The van der Waals surface area contributed by atoms with E-state index in [4.69, 9.17) is 4.98 Å². The summed E-state index contributed by atoms with van der Waals surface area (Å²) in [7, 11) is 2.09. The fraction of sp³-hybridized carbons (Fsp3) is 0.538. The number of rotatable bonds is 8. The summed E-state index contributed by atoms with van der Waals surface area (Å²) in [6, 6.07) is 4.05. The van der Waals surface area contributed by atoms with Gasteiger partial charge in [0, 0.05) is 44.6 Å². The Morgan fingerprint density at radius 3 is 2.80 bits per heavy atom. The molecule has 8 nitrogen and oxygen atoms in total. The lowest BCUT2D eigenvalue weighted by molar-refractivity contribution is 0.311. The van der Waals surface area contributed by atoms with Gasteiger partial charge >= 0.3 is 0 Å². The maximum absolute atomic E-state index is 13.4. The van der Waals surface area contributed by atoms with E-state index >= 15 is 0 Å². The van der Waals surface area contributed by atoms with E-state index < -0.39 is 0 Å². The van der Waals surface area contributed by atoms with Crippen LogP contribution in [-0.4, -0.2) is 70.5 Å². The van der Waals surface area contributed by atoms with Gasteiger partial charge in [-0.25, -0.2) is 9.37 Å². The minimum absolute atomic E-state index is 0.0401. The fourth-order valence-electron chi connectivity index (χ4n) is 5.17. The predicted octanol–water partition coefficient (Wildman–Crippen LogP) is 2.50. The van der Waals surface area contributed by atoms with Crippen LogP contribution in [0, 0.1) is 11.3 Å². The van der Waals surface area contributed by atoms with Crippen molar-refractivity contribution in [2.45, 2.75) is 38.6 Å². The summed E-state index contributed by atoms with van der Waals surface area (Å²) < 4.78 is 14.9. The summed E-state index contributed by atoms with van der Waals surface area (Å²) in [4.78, 5) is 22.4. The van der Waals surface area contributed by atoms with Crippen molar-refractivity contribution >= 4 is 5.82 Å². The fourth-order valence-corrected chi connectivity index (χ4v) is 5.17. The standard InChI is InChI=1S/C26H34FN7O/c1-26(9-7-19(27)8-10-26)21-17-22(21)28-11-3-5-20-18-34(23-6-4-12-29-31-23)25(35)24(30-20)33-15-13-32(2)14-16-33/h4,6-9,12,18,21-22,28H,3,5,10-11,13-17H2,1-2H3/t21-,22-,26?/m1/s1. The predicted molar refractivity (Wildman–Crippen MR) is 134 cm³/mol. The number of halogens is 1. The molecule has 1 N–H and O–H groups in total. The number of piperazine rings is 1. The number of aromatic nitrogens is 4. The smallest absolute Gasteiger partial charge is 0.299 e. The van der Waals surface area contributed by atoms with Gasteiger partial charge in [0.05, 0.1) is 5.69 Å². The Bertz CT molecular complexity index is 1160. The molecule has 2 fully saturated rings. The third-order valence-corrected chi connectivity index (χ3v) is 7.56. The number of hydrogen-bond acceptors (Lipinski definition) is 7. The van der Waals surface area contributed by atoms with Crippen molar-refractivity contribution in [3.63, 3.8) is 0 Å². The Balaban J connectivity index is 1.24. The average molecular weight is 480 g/mol. The topological polar surface area (TPSA) is 79.2 Å². The van der Waals surface area contributed by atoms with Gasteiger partial charge in [-0.05, 0) is 74.9 Å².